The highest BCUT2D eigenvalue weighted by atomic mass is 14.9. The molecule has 0 saturated heterocycles. The van der Waals surface area contributed by atoms with Gasteiger partial charge >= 0.3 is 0 Å². The van der Waals surface area contributed by atoms with Gasteiger partial charge in [-0.05, 0) is 55.2 Å². The minimum Gasteiger partial charge on any atom is -0.314 e. The van der Waals surface area contributed by atoms with Crippen LogP contribution in [0.2, 0.25) is 0 Å². The van der Waals surface area contributed by atoms with Gasteiger partial charge in [-0.25, -0.2) is 0 Å². The molecule has 3 unspecified atom stereocenters. The van der Waals surface area contributed by atoms with E-state index in [1.807, 2.05) is 0 Å². The van der Waals surface area contributed by atoms with Gasteiger partial charge in [-0.2, -0.15) is 0 Å². The van der Waals surface area contributed by atoms with Crippen LogP contribution in [0.5, 0.6) is 0 Å². The van der Waals surface area contributed by atoms with Crippen molar-refractivity contribution < 1.29 is 0 Å². The summed E-state index contributed by atoms with van der Waals surface area (Å²) in [5.41, 5.74) is 3.17. The maximum Gasteiger partial charge on any atom is 0.0124 e. The Labute approximate surface area is 118 Å². The molecule has 0 amide bonds. The van der Waals surface area contributed by atoms with Crippen LogP contribution in [0.25, 0.3) is 0 Å². The quantitative estimate of drug-likeness (QED) is 0.807. The zero-order valence-electron chi connectivity index (χ0n) is 12.8. The largest absolute Gasteiger partial charge is 0.314 e. The van der Waals surface area contributed by atoms with E-state index in [1.54, 1.807) is 11.1 Å². The van der Waals surface area contributed by atoms with Crippen molar-refractivity contribution in [2.24, 2.45) is 11.8 Å². The molecule has 0 spiro atoms. The Morgan fingerprint density at radius 1 is 1.21 bits per heavy atom. The summed E-state index contributed by atoms with van der Waals surface area (Å²) in [5.74, 6) is 1.61. The van der Waals surface area contributed by atoms with Crippen LogP contribution in [0.3, 0.4) is 0 Å². The summed E-state index contributed by atoms with van der Waals surface area (Å²) in [7, 11) is 0. The summed E-state index contributed by atoms with van der Waals surface area (Å²) in [4.78, 5) is 0. The van der Waals surface area contributed by atoms with Crippen LogP contribution in [-0.2, 0) is 12.8 Å². The molecule has 0 fully saturated rings. The van der Waals surface area contributed by atoms with E-state index in [0.717, 1.165) is 18.4 Å². The second-order valence-corrected chi connectivity index (χ2v) is 6.12. The topological polar surface area (TPSA) is 12.0 Å². The van der Waals surface area contributed by atoms with Gasteiger partial charge in [0.15, 0.2) is 0 Å². The summed E-state index contributed by atoms with van der Waals surface area (Å²) in [6, 6.07) is 9.70. The minimum absolute atomic E-state index is 0.693. The zero-order valence-corrected chi connectivity index (χ0v) is 12.8. The Balaban J connectivity index is 2.07. The second-order valence-electron chi connectivity index (χ2n) is 6.12. The normalized spacial score (nSPS) is 21.7. The van der Waals surface area contributed by atoms with Gasteiger partial charge in [0.05, 0.1) is 0 Å². The number of aryl methyl sites for hydroxylation is 1. The molecule has 0 saturated carbocycles. The molecule has 1 aromatic carbocycles. The van der Waals surface area contributed by atoms with Crippen LogP contribution in [0, 0.1) is 11.8 Å². The van der Waals surface area contributed by atoms with E-state index >= 15 is 0 Å². The van der Waals surface area contributed by atoms with Crippen molar-refractivity contribution in [3.63, 3.8) is 0 Å². The Hall–Kier alpha value is -0.820. The third-order valence-corrected chi connectivity index (χ3v) is 4.69. The monoisotopic (exact) mass is 259 g/mol. The molecule has 3 atom stereocenters. The predicted molar refractivity (Wildman–Crippen MR) is 83.5 cm³/mol. The van der Waals surface area contributed by atoms with Crippen LogP contribution < -0.4 is 5.32 Å². The van der Waals surface area contributed by atoms with Gasteiger partial charge in [0, 0.05) is 6.04 Å². The lowest BCUT2D eigenvalue weighted by Crippen LogP contribution is -2.43. The molecule has 1 aliphatic rings. The third kappa shape index (κ3) is 3.60. The number of fused-ring (bicyclic) bond motifs is 1. The van der Waals surface area contributed by atoms with Crippen LogP contribution in [0.15, 0.2) is 24.3 Å². The maximum absolute atomic E-state index is 3.77. The fraction of sp³-hybridized carbons (Fsp3) is 0.667. The lowest BCUT2D eigenvalue weighted by Gasteiger charge is -2.36. The van der Waals surface area contributed by atoms with E-state index in [2.05, 4.69) is 50.4 Å². The fourth-order valence-electron chi connectivity index (χ4n) is 3.74. The number of rotatable bonds is 6. The zero-order chi connectivity index (χ0) is 13.7. The van der Waals surface area contributed by atoms with Crippen molar-refractivity contribution in [2.45, 2.75) is 58.9 Å². The number of benzene rings is 1. The number of nitrogens with one attached hydrogen (secondary N) is 1. The molecule has 1 nitrogen and oxygen atoms in total. The molecule has 19 heavy (non-hydrogen) atoms. The average Bonchev–Trinajstić information content (AvgIpc) is 2.44. The van der Waals surface area contributed by atoms with E-state index in [0.29, 0.717) is 6.04 Å². The van der Waals surface area contributed by atoms with E-state index in [1.165, 1.54) is 32.1 Å². The highest BCUT2D eigenvalue weighted by Crippen LogP contribution is 2.31. The summed E-state index contributed by atoms with van der Waals surface area (Å²) in [6.45, 7) is 8.06. The lowest BCUT2D eigenvalue weighted by molar-refractivity contribution is 0.241. The smallest absolute Gasteiger partial charge is 0.0124 e. The molecule has 106 valence electrons. The molecule has 2 rings (SSSR count). The van der Waals surface area contributed by atoms with Crippen LogP contribution in [0.1, 0.15) is 51.2 Å². The van der Waals surface area contributed by atoms with Gasteiger partial charge in [0.2, 0.25) is 0 Å². The van der Waals surface area contributed by atoms with Gasteiger partial charge in [-0.3, -0.25) is 0 Å². The molecule has 0 heterocycles. The molecule has 0 radical (unpaired) electrons. The van der Waals surface area contributed by atoms with Crippen molar-refractivity contribution >= 4 is 0 Å². The van der Waals surface area contributed by atoms with Gasteiger partial charge < -0.3 is 5.32 Å². The first kappa shape index (κ1) is 14.6. The molecular weight excluding hydrogens is 230 g/mol. The lowest BCUT2D eigenvalue weighted by atomic mass is 9.75. The molecule has 0 aliphatic heterocycles. The van der Waals surface area contributed by atoms with Crippen molar-refractivity contribution in [1.29, 1.82) is 0 Å². The van der Waals surface area contributed by atoms with Crippen molar-refractivity contribution in [2.75, 3.05) is 6.54 Å². The molecule has 0 bridgehead atoms. The average molecular weight is 259 g/mol. The SMILES string of the molecule is CCCC(C)C(NCC)C1CCc2ccccc2C1. The first-order chi connectivity index (χ1) is 9.26. The summed E-state index contributed by atoms with van der Waals surface area (Å²) < 4.78 is 0. The Kier molecular flexibility index (Phi) is 5.45. The Bertz CT molecular complexity index is 385. The van der Waals surface area contributed by atoms with Gasteiger partial charge in [0.25, 0.3) is 0 Å². The van der Waals surface area contributed by atoms with Gasteiger partial charge in [0.1, 0.15) is 0 Å². The first-order valence-electron chi connectivity index (χ1n) is 8.06. The summed E-state index contributed by atoms with van der Waals surface area (Å²) in [5, 5.41) is 3.77. The van der Waals surface area contributed by atoms with Gasteiger partial charge in [-0.15, -0.1) is 0 Å². The number of hydrogen-bond donors (Lipinski definition) is 1. The summed E-state index contributed by atoms with van der Waals surface area (Å²) >= 11 is 0. The molecule has 1 N–H and O–H groups in total. The van der Waals surface area contributed by atoms with Crippen molar-refractivity contribution in [3.8, 4) is 0 Å². The van der Waals surface area contributed by atoms with Crippen molar-refractivity contribution in [3.05, 3.63) is 35.4 Å². The first-order valence-corrected chi connectivity index (χ1v) is 8.06. The fourth-order valence-corrected chi connectivity index (χ4v) is 3.74. The second kappa shape index (κ2) is 7.09. The maximum atomic E-state index is 3.77. The van der Waals surface area contributed by atoms with Crippen LogP contribution in [-0.4, -0.2) is 12.6 Å². The highest BCUT2D eigenvalue weighted by molar-refractivity contribution is 5.30. The Morgan fingerprint density at radius 3 is 2.63 bits per heavy atom. The highest BCUT2D eigenvalue weighted by Gasteiger charge is 2.28. The summed E-state index contributed by atoms with van der Waals surface area (Å²) in [6.07, 6.45) is 6.52. The van der Waals surface area contributed by atoms with E-state index in [-0.39, 0.29) is 0 Å². The van der Waals surface area contributed by atoms with E-state index in [9.17, 15) is 0 Å². The molecule has 0 aromatic heterocycles. The predicted octanol–water partition coefficient (Wildman–Crippen LogP) is 4.21. The molecule has 1 aromatic rings. The van der Waals surface area contributed by atoms with Gasteiger partial charge in [-0.1, -0.05) is 51.5 Å². The number of hydrogen-bond acceptors (Lipinski definition) is 1. The van der Waals surface area contributed by atoms with E-state index < -0.39 is 0 Å². The van der Waals surface area contributed by atoms with Crippen molar-refractivity contribution in [1.82, 2.24) is 5.32 Å². The standard InChI is InChI=1S/C18H29N/c1-4-8-14(3)18(19-5-2)17-12-11-15-9-6-7-10-16(15)13-17/h6-7,9-10,14,17-19H,4-5,8,11-13H2,1-3H3. The Morgan fingerprint density at radius 2 is 1.95 bits per heavy atom. The van der Waals surface area contributed by atoms with Crippen LogP contribution in [0.4, 0.5) is 0 Å². The molecular formula is C18H29N. The molecule has 1 aliphatic carbocycles. The minimum atomic E-state index is 0.693. The third-order valence-electron chi connectivity index (χ3n) is 4.69. The van der Waals surface area contributed by atoms with Crippen LogP contribution >= 0.6 is 0 Å². The molecule has 1 heteroatoms. The van der Waals surface area contributed by atoms with E-state index in [4.69, 9.17) is 0 Å².